The van der Waals surface area contributed by atoms with Gasteiger partial charge in [0, 0.05) is 23.7 Å². The number of aliphatic carboxylic acids is 1. The molecule has 1 aliphatic heterocycles. The summed E-state index contributed by atoms with van der Waals surface area (Å²) in [7, 11) is 0. The minimum Gasteiger partial charge on any atom is -0.481 e. The van der Waals surface area contributed by atoms with Gasteiger partial charge in [0.05, 0.1) is 5.92 Å². The van der Waals surface area contributed by atoms with Gasteiger partial charge in [-0.25, -0.2) is 0 Å². The SMILES string of the molecule is O=C(O)[C@@H]1CCN(C(=O)Cn2nnc(-c3ccc(Cl)cc3)n2)C1. The number of carboxylic acid groups (broad SMARTS) is 1. The van der Waals surface area contributed by atoms with Crippen LogP contribution in [0.1, 0.15) is 6.42 Å². The van der Waals surface area contributed by atoms with Crippen LogP contribution in [0.4, 0.5) is 0 Å². The average Bonchev–Trinajstić information content (AvgIpc) is 3.17. The van der Waals surface area contributed by atoms with Crippen LogP contribution in [0, 0.1) is 5.92 Å². The van der Waals surface area contributed by atoms with Gasteiger partial charge in [-0.15, -0.1) is 10.2 Å². The number of hydrogen-bond donors (Lipinski definition) is 1. The van der Waals surface area contributed by atoms with E-state index in [0.29, 0.717) is 23.8 Å². The molecule has 0 spiro atoms. The van der Waals surface area contributed by atoms with Crippen LogP contribution in [0.25, 0.3) is 11.4 Å². The van der Waals surface area contributed by atoms with Crippen LogP contribution >= 0.6 is 11.6 Å². The van der Waals surface area contributed by atoms with Crippen LogP contribution in [0.2, 0.25) is 5.02 Å². The Balaban J connectivity index is 1.64. The molecule has 1 saturated heterocycles. The number of nitrogens with zero attached hydrogens (tertiary/aromatic N) is 5. The molecule has 2 heterocycles. The molecule has 23 heavy (non-hydrogen) atoms. The van der Waals surface area contributed by atoms with E-state index < -0.39 is 11.9 Å². The molecular weight excluding hydrogens is 322 g/mol. The summed E-state index contributed by atoms with van der Waals surface area (Å²) in [4.78, 5) is 25.8. The number of rotatable bonds is 4. The maximum atomic E-state index is 12.2. The third-order valence-corrected chi connectivity index (χ3v) is 3.97. The maximum absolute atomic E-state index is 12.2. The van der Waals surface area contributed by atoms with Gasteiger partial charge in [-0.05, 0) is 35.9 Å². The monoisotopic (exact) mass is 335 g/mol. The zero-order valence-electron chi connectivity index (χ0n) is 12.1. The number of carbonyl (C=O) groups excluding carboxylic acids is 1. The van der Waals surface area contributed by atoms with E-state index in [4.69, 9.17) is 16.7 Å². The van der Waals surface area contributed by atoms with Gasteiger partial charge >= 0.3 is 5.97 Å². The summed E-state index contributed by atoms with van der Waals surface area (Å²) in [6, 6.07) is 6.98. The normalized spacial score (nSPS) is 17.4. The van der Waals surface area contributed by atoms with E-state index in [0.717, 1.165) is 5.56 Å². The van der Waals surface area contributed by atoms with Crippen molar-refractivity contribution < 1.29 is 14.7 Å². The standard InChI is InChI=1S/C14H14ClN5O3/c15-11-3-1-9(2-4-11)13-16-18-20(17-13)8-12(21)19-6-5-10(7-19)14(22)23/h1-4,10H,5-8H2,(H,22,23)/t10-/m1/s1. The van der Waals surface area contributed by atoms with Crippen molar-refractivity contribution in [1.29, 1.82) is 0 Å². The van der Waals surface area contributed by atoms with Gasteiger partial charge in [-0.1, -0.05) is 11.6 Å². The molecule has 0 saturated carbocycles. The predicted octanol–water partition coefficient (Wildman–Crippen LogP) is 0.927. The lowest BCUT2D eigenvalue weighted by atomic mass is 10.1. The second kappa shape index (κ2) is 6.33. The van der Waals surface area contributed by atoms with Crippen molar-refractivity contribution in [3.63, 3.8) is 0 Å². The largest absolute Gasteiger partial charge is 0.481 e. The van der Waals surface area contributed by atoms with Crippen molar-refractivity contribution in [2.24, 2.45) is 5.92 Å². The Labute approximate surface area is 136 Å². The molecule has 1 amide bonds. The summed E-state index contributed by atoms with van der Waals surface area (Å²) in [5.41, 5.74) is 0.750. The van der Waals surface area contributed by atoms with E-state index in [1.807, 2.05) is 0 Å². The van der Waals surface area contributed by atoms with Gasteiger partial charge in [-0.3, -0.25) is 9.59 Å². The lowest BCUT2D eigenvalue weighted by Crippen LogP contribution is -2.33. The highest BCUT2D eigenvalue weighted by Gasteiger charge is 2.31. The Morgan fingerprint density at radius 3 is 2.70 bits per heavy atom. The summed E-state index contributed by atoms with van der Waals surface area (Å²) >= 11 is 5.83. The number of halogens is 1. The van der Waals surface area contributed by atoms with Crippen LogP contribution in [0.3, 0.4) is 0 Å². The van der Waals surface area contributed by atoms with Crippen molar-refractivity contribution in [3.05, 3.63) is 29.3 Å². The fraction of sp³-hybridized carbons (Fsp3) is 0.357. The number of aromatic nitrogens is 4. The predicted molar refractivity (Wildman–Crippen MR) is 80.6 cm³/mol. The van der Waals surface area contributed by atoms with Crippen LogP contribution in [0.15, 0.2) is 24.3 Å². The molecule has 1 aliphatic rings. The third kappa shape index (κ3) is 3.48. The number of tetrazole rings is 1. The van der Waals surface area contributed by atoms with E-state index >= 15 is 0 Å². The molecule has 8 nitrogen and oxygen atoms in total. The Bertz CT molecular complexity index is 730. The van der Waals surface area contributed by atoms with Crippen LogP contribution in [0.5, 0.6) is 0 Å². The summed E-state index contributed by atoms with van der Waals surface area (Å²) in [5, 5.41) is 21.5. The highest BCUT2D eigenvalue weighted by atomic mass is 35.5. The number of hydrogen-bond acceptors (Lipinski definition) is 5. The number of benzene rings is 1. The van der Waals surface area contributed by atoms with Crippen molar-refractivity contribution >= 4 is 23.5 Å². The van der Waals surface area contributed by atoms with E-state index in [2.05, 4.69) is 15.4 Å². The van der Waals surface area contributed by atoms with Crippen molar-refractivity contribution in [3.8, 4) is 11.4 Å². The van der Waals surface area contributed by atoms with Gasteiger partial charge in [0.2, 0.25) is 11.7 Å². The van der Waals surface area contributed by atoms with Gasteiger partial charge in [0.15, 0.2) is 0 Å². The molecule has 1 aromatic carbocycles. The number of likely N-dealkylation sites (tertiary alicyclic amines) is 1. The van der Waals surface area contributed by atoms with E-state index in [1.54, 1.807) is 24.3 Å². The Kier molecular flexibility index (Phi) is 4.24. The van der Waals surface area contributed by atoms with Gasteiger partial charge in [0.1, 0.15) is 6.54 Å². The second-order valence-electron chi connectivity index (χ2n) is 5.31. The maximum Gasteiger partial charge on any atom is 0.308 e. The number of carboxylic acids is 1. The lowest BCUT2D eigenvalue weighted by Gasteiger charge is -2.14. The van der Waals surface area contributed by atoms with Crippen LogP contribution in [-0.2, 0) is 16.1 Å². The van der Waals surface area contributed by atoms with Crippen molar-refractivity contribution in [2.45, 2.75) is 13.0 Å². The molecule has 1 atom stereocenters. The van der Waals surface area contributed by atoms with E-state index in [-0.39, 0.29) is 19.0 Å². The third-order valence-electron chi connectivity index (χ3n) is 3.72. The average molecular weight is 336 g/mol. The smallest absolute Gasteiger partial charge is 0.308 e. The number of amides is 1. The Hall–Kier alpha value is -2.48. The molecule has 3 rings (SSSR count). The molecule has 120 valence electrons. The fourth-order valence-corrected chi connectivity index (χ4v) is 2.56. The Morgan fingerprint density at radius 1 is 1.30 bits per heavy atom. The van der Waals surface area contributed by atoms with Crippen molar-refractivity contribution in [2.75, 3.05) is 13.1 Å². The lowest BCUT2D eigenvalue weighted by molar-refractivity contribution is -0.141. The first-order valence-corrected chi connectivity index (χ1v) is 7.45. The van der Waals surface area contributed by atoms with Crippen LogP contribution in [-0.4, -0.2) is 55.2 Å². The molecule has 0 unspecified atom stereocenters. The Morgan fingerprint density at radius 2 is 2.04 bits per heavy atom. The quantitative estimate of drug-likeness (QED) is 0.891. The van der Waals surface area contributed by atoms with Crippen LogP contribution < -0.4 is 0 Å². The van der Waals surface area contributed by atoms with Gasteiger partial charge in [-0.2, -0.15) is 4.80 Å². The molecule has 1 fully saturated rings. The molecule has 0 aliphatic carbocycles. The summed E-state index contributed by atoms with van der Waals surface area (Å²) in [6.07, 6.45) is 0.474. The first-order valence-electron chi connectivity index (χ1n) is 7.07. The molecule has 9 heteroatoms. The van der Waals surface area contributed by atoms with E-state index in [9.17, 15) is 9.59 Å². The molecule has 0 bridgehead atoms. The topological polar surface area (TPSA) is 101 Å². The zero-order chi connectivity index (χ0) is 16.4. The first kappa shape index (κ1) is 15.4. The second-order valence-corrected chi connectivity index (χ2v) is 5.75. The van der Waals surface area contributed by atoms with E-state index in [1.165, 1.54) is 9.70 Å². The minimum atomic E-state index is -0.871. The fourth-order valence-electron chi connectivity index (χ4n) is 2.43. The zero-order valence-corrected chi connectivity index (χ0v) is 12.8. The summed E-state index contributed by atoms with van der Waals surface area (Å²) < 4.78 is 0. The highest BCUT2D eigenvalue weighted by molar-refractivity contribution is 6.30. The first-order chi connectivity index (χ1) is 11.0. The molecule has 0 radical (unpaired) electrons. The number of carbonyl (C=O) groups is 2. The summed E-state index contributed by atoms with van der Waals surface area (Å²) in [5.74, 6) is -1.18. The van der Waals surface area contributed by atoms with Crippen molar-refractivity contribution in [1.82, 2.24) is 25.1 Å². The summed E-state index contributed by atoms with van der Waals surface area (Å²) in [6.45, 7) is 0.606. The molecule has 1 N–H and O–H groups in total. The molecular formula is C14H14ClN5O3. The highest BCUT2D eigenvalue weighted by Crippen LogP contribution is 2.18. The minimum absolute atomic E-state index is 0.0626. The van der Waals surface area contributed by atoms with Gasteiger partial charge in [0.25, 0.3) is 0 Å². The van der Waals surface area contributed by atoms with Gasteiger partial charge < -0.3 is 10.0 Å². The molecule has 1 aromatic heterocycles. The molecule has 2 aromatic rings.